The Morgan fingerprint density at radius 2 is 1.81 bits per heavy atom. The standard InChI is InChI=1S/C16H10F3N5O3/c1-7-9(13-21-22-15(26)27-13)14(25)24-12(20-7)10(8-5-3-2-4-6-8)11(23-24)16(17,18)19/h2-6,23H,1H3,(H,22,26). The molecule has 4 aromatic rings. The largest absolute Gasteiger partial charge is 0.434 e. The van der Waals surface area contributed by atoms with Crippen molar-refractivity contribution in [3.05, 3.63) is 62.6 Å². The Labute approximate surface area is 147 Å². The molecule has 4 rings (SSSR count). The minimum Gasteiger partial charge on any atom is -0.387 e. The van der Waals surface area contributed by atoms with Crippen molar-refractivity contribution in [2.45, 2.75) is 13.1 Å². The van der Waals surface area contributed by atoms with E-state index in [2.05, 4.69) is 15.2 Å². The van der Waals surface area contributed by atoms with Gasteiger partial charge in [-0.05, 0) is 12.5 Å². The molecule has 0 fully saturated rings. The second-order valence-corrected chi connectivity index (χ2v) is 5.68. The van der Waals surface area contributed by atoms with Gasteiger partial charge in [0.1, 0.15) is 11.3 Å². The van der Waals surface area contributed by atoms with Crippen molar-refractivity contribution in [3.8, 4) is 22.6 Å². The van der Waals surface area contributed by atoms with Gasteiger partial charge in [-0.3, -0.25) is 9.89 Å². The maximum absolute atomic E-state index is 13.6. The van der Waals surface area contributed by atoms with Gasteiger partial charge in [-0.25, -0.2) is 14.9 Å². The number of halogens is 3. The van der Waals surface area contributed by atoms with Crippen molar-refractivity contribution >= 4 is 5.65 Å². The number of hydrogen-bond acceptors (Lipinski definition) is 5. The Kier molecular flexibility index (Phi) is 3.54. The van der Waals surface area contributed by atoms with Crippen LogP contribution in [0.3, 0.4) is 0 Å². The van der Waals surface area contributed by atoms with E-state index in [1.165, 1.54) is 19.1 Å². The molecule has 0 aliphatic heterocycles. The lowest BCUT2D eigenvalue weighted by atomic mass is 10.1. The number of fused-ring (bicyclic) bond motifs is 1. The predicted molar refractivity (Wildman–Crippen MR) is 87.1 cm³/mol. The van der Waals surface area contributed by atoms with Crippen molar-refractivity contribution in [2.24, 2.45) is 0 Å². The zero-order chi connectivity index (χ0) is 19.3. The van der Waals surface area contributed by atoms with Gasteiger partial charge in [-0.1, -0.05) is 30.3 Å². The lowest BCUT2D eigenvalue weighted by Crippen LogP contribution is -2.20. The Morgan fingerprint density at radius 1 is 1.11 bits per heavy atom. The van der Waals surface area contributed by atoms with Crippen molar-refractivity contribution in [2.75, 3.05) is 0 Å². The van der Waals surface area contributed by atoms with Crippen molar-refractivity contribution in [1.29, 1.82) is 0 Å². The number of benzene rings is 1. The molecule has 0 aliphatic carbocycles. The van der Waals surface area contributed by atoms with Gasteiger partial charge in [0.25, 0.3) is 11.4 Å². The molecule has 0 saturated heterocycles. The van der Waals surface area contributed by atoms with Crippen LogP contribution in [-0.2, 0) is 6.18 Å². The quantitative estimate of drug-likeness (QED) is 0.557. The van der Waals surface area contributed by atoms with E-state index < -0.39 is 23.2 Å². The summed E-state index contributed by atoms with van der Waals surface area (Å²) < 4.78 is 46.2. The van der Waals surface area contributed by atoms with Crippen molar-refractivity contribution < 1.29 is 17.6 Å². The monoisotopic (exact) mass is 377 g/mol. The second-order valence-electron chi connectivity index (χ2n) is 5.68. The Bertz CT molecular complexity index is 1260. The summed E-state index contributed by atoms with van der Waals surface area (Å²) in [5, 5.41) is 7.63. The smallest absolute Gasteiger partial charge is 0.387 e. The molecule has 0 unspecified atom stereocenters. The Morgan fingerprint density at radius 3 is 2.41 bits per heavy atom. The van der Waals surface area contributed by atoms with Gasteiger partial charge in [-0.15, -0.1) is 5.10 Å². The molecule has 8 nitrogen and oxygen atoms in total. The van der Waals surface area contributed by atoms with Gasteiger partial charge in [0, 0.05) is 0 Å². The molecule has 3 aromatic heterocycles. The van der Waals surface area contributed by atoms with E-state index in [9.17, 15) is 22.8 Å². The molecule has 1 aromatic carbocycles. The van der Waals surface area contributed by atoms with E-state index in [1.54, 1.807) is 18.2 Å². The number of aryl methyl sites for hydroxylation is 1. The number of aromatic nitrogens is 5. The molecule has 11 heteroatoms. The van der Waals surface area contributed by atoms with E-state index >= 15 is 0 Å². The molecule has 27 heavy (non-hydrogen) atoms. The molecule has 0 spiro atoms. The van der Waals surface area contributed by atoms with E-state index in [-0.39, 0.29) is 33.9 Å². The molecule has 0 amide bonds. The Hall–Kier alpha value is -3.63. The molecule has 138 valence electrons. The van der Waals surface area contributed by atoms with Crippen LogP contribution < -0.4 is 11.3 Å². The summed E-state index contributed by atoms with van der Waals surface area (Å²) in [4.78, 5) is 28.1. The minimum absolute atomic E-state index is 0.0696. The Balaban J connectivity index is 2.12. The summed E-state index contributed by atoms with van der Waals surface area (Å²) in [5.41, 5.74) is -2.34. The zero-order valence-corrected chi connectivity index (χ0v) is 13.6. The molecule has 0 saturated carbocycles. The molecule has 3 heterocycles. The molecule has 0 bridgehead atoms. The molecule has 2 N–H and O–H groups in total. The first-order valence-corrected chi connectivity index (χ1v) is 7.61. The number of rotatable bonds is 2. The SMILES string of the molecule is Cc1nc2c(-c3ccccc3)c(C(F)(F)F)[nH]n2c(=O)c1-c1n[nH]c(=O)o1. The van der Waals surface area contributed by atoms with E-state index in [1.807, 2.05) is 5.10 Å². The minimum atomic E-state index is -4.75. The maximum Gasteiger partial charge on any atom is 0.434 e. The van der Waals surface area contributed by atoms with E-state index in [0.717, 1.165) is 0 Å². The first kappa shape index (κ1) is 16.8. The van der Waals surface area contributed by atoms with Crippen LogP contribution in [0.4, 0.5) is 13.2 Å². The molecular weight excluding hydrogens is 367 g/mol. The van der Waals surface area contributed by atoms with Crippen LogP contribution in [0.2, 0.25) is 0 Å². The van der Waals surface area contributed by atoms with Crippen LogP contribution in [0.1, 0.15) is 11.4 Å². The highest BCUT2D eigenvalue weighted by Gasteiger charge is 2.38. The highest BCUT2D eigenvalue weighted by Crippen LogP contribution is 2.38. The fraction of sp³-hybridized carbons (Fsp3) is 0.125. The summed E-state index contributed by atoms with van der Waals surface area (Å²) in [6, 6.07) is 7.79. The molecule has 0 atom stereocenters. The van der Waals surface area contributed by atoms with Crippen LogP contribution in [0.25, 0.3) is 28.2 Å². The third kappa shape index (κ3) is 2.63. The number of hydrogen-bond donors (Lipinski definition) is 2. The number of alkyl halides is 3. The number of H-pyrrole nitrogens is 2. The summed E-state index contributed by atoms with van der Waals surface area (Å²) >= 11 is 0. The highest BCUT2D eigenvalue weighted by atomic mass is 19.4. The number of nitrogens with zero attached hydrogens (tertiary/aromatic N) is 3. The first-order chi connectivity index (χ1) is 12.8. The van der Waals surface area contributed by atoms with Gasteiger partial charge < -0.3 is 4.42 Å². The van der Waals surface area contributed by atoms with Crippen LogP contribution in [0, 0.1) is 6.92 Å². The third-order valence-electron chi connectivity index (χ3n) is 3.96. The first-order valence-electron chi connectivity index (χ1n) is 7.61. The summed E-state index contributed by atoms with van der Waals surface area (Å²) in [5.74, 6) is -1.25. The zero-order valence-electron chi connectivity index (χ0n) is 13.6. The van der Waals surface area contributed by atoms with Gasteiger partial charge in [0.05, 0.1) is 11.3 Å². The van der Waals surface area contributed by atoms with Gasteiger partial charge >= 0.3 is 11.9 Å². The van der Waals surface area contributed by atoms with Gasteiger partial charge in [0.15, 0.2) is 5.65 Å². The lowest BCUT2D eigenvalue weighted by Gasteiger charge is -2.07. The second kappa shape index (κ2) is 5.69. The van der Waals surface area contributed by atoms with E-state index in [0.29, 0.717) is 4.52 Å². The maximum atomic E-state index is 13.6. The van der Waals surface area contributed by atoms with Gasteiger partial charge in [-0.2, -0.15) is 17.7 Å². The van der Waals surface area contributed by atoms with Crippen molar-refractivity contribution in [1.82, 2.24) is 24.8 Å². The fourth-order valence-corrected chi connectivity index (χ4v) is 2.84. The predicted octanol–water partition coefficient (Wildman–Crippen LogP) is 2.36. The number of aromatic amines is 2. The topological polar surface area (TPSA) is 109 Å². The van der Waals surface area contributed by atoms with Crippen LogP contribution in [0.5, 0.6) is 0 Å². The number of nitrogens with one attached hydrogen (secondary N) is 2. The lowest BCUT2D eigenvalue weighted by molar-refractivity contribution is -0.140. The molecular formula is C16H10F3N5O3. The average molecular weight is 377 g/mol. The summed E-state index contributed by atoms with van der Waals surface area (Å²) in [6.45, 7) is 1.42. The van der Waals surface area contributed by atoms with Crippen LogP contribution >= 0.6 is 0 Å². The average Bonchev–Trinajstić information content (AvgIpc) is 3.19. The highest BCUT2D eigenvalue weighted by molar-refractivity contribution is 5.81. The summed E-state index contributed by atoms with van der Waals surface area (Å²) in [7, 11) is 0. The van der Waals surface area contributed by atoms with Crippen molar-refractivity contribution in [3.63, 3.8) is 0 Å². The van der Waals surface area contributed by atoms with Crippen LogP contribution in [0.15, 0.2) is 44.3 Å². The molecule has 0 radical (unpaired) electrons. The third-order valence-corrected chi connectivity index (χ3v) is 3.96. The van der Waals surface area contributed by atoms with Gasteiger partial charge in [0.2, 0.25) is 0 Å². The normalized spacial score (nSPS) is 12.0. The summed E-state index contributed by atoms with van der Waals surface area (Å²) in [6.07, 6.45) is -4.75. The fourth-order valence-electron chi connectivity index (χ4n) is 2.84. The van der Waals surface area contributed by atoms with E-state index in [4.69, 9.17) is 4.42 Å². The molecule has 0 aliphatic rings. The van der Waals surface area contributed by atoms with Crippen LogP contribution in [-0.4, -0.2) is 24.8 Å².